The van der Waals surface area contributed by atoms with Gasteiger partial charge in [0.15, 0.2) is 0 Å². The maximum Gasteiger partial charge on any atom is 0.0443 e. The van der Waals surface area contributed by atoms with Crippen molar-refractivity contribution in [3.8, 4) is 11.8 Å². The van der Waals surface area contributed by atoms with E-state index in [4.69, 9.17) is 0 Å². The van der Waals surface area contributed by atoms with E-state index >= 15 is 0 Å². The van der Waals surface area contributed by atoms with Gasteiger partial charge in [0.2, 0.25) is 0 Å². The summed E-state index contributed by atoms with van der Waals surface area (Å²) in [5.41, 5.74) is 6.20. The molecule has 32 heavy (non-hydrogen) atoms. The molecule has 1 saturated heterocycles. The van der Waals surface area contributed by atoms with Gasteiger partial charge in [0.1, 0.15) is 0 Å². The summed E-state index contributed by atoms with van der Waals surface area (Å²) in [6.45, 7) is 9.32. The van der Waals surface area contributed by atoms with Gasteiger partial charge in [0.25, 0.3) is 0 Å². The van der Waals surface area contributed by atoms with Gasteiger partial charge in [-0.2, -0.15) is 0 Å². The van der Waals surface area contributed by atoms with Crippen LogP contribution in [0.25, 0.3) is 0 Å². The minimum Gasteiger partial charge on any atom is -0.287 e. The molecule has 4 bridgehead atoms. The van der Waals surface area contributed by atoms with Gasteiger partial charge in [-0.15, -0.1) is 11.8 Å². The summed E-state index contributed by atoms with van der Waals surface area (Å²) in [5.74, 6) is 8.62. The third kappa shape index (κ3) is 1.63. The van der Waals surface area contributed by atoms with Crippen molar-refractivity contribution in [1.82, 2.24) is 4.90 Å². The average Bonchev–Trinajstić information content (AvgIpc) is 3.05. The number of hydrogen-bond donors (Lipinski definition) is 0. The van der Waals surface area contributed by atoms with Crippen LogP contribution in [0.3, 0.4) is 0 Å². The topological polar surface area (TPSA) is 3.01 Å². The molecule has 6 aliphatic carbocycles. The molecule has 0 radical (unpaired) electrons. The highest BCUT2D eigenvalue weighted by molar-refractivity contribution is 5.49. The lowest BCUT2D eigenvalue weighted by Crippen LogP contribution is -2.66. The Morgan fingerprint density at radius 2 is 1.81 bits per heavy atom. The molecule has 1 heteroatoms. The molecule has 1 nitrogen and oxygen atoms in total. The van der Waals surface area contributed by atoms with Crippen LogP contribution in [0.4, 0.5) is 0 Å². The number of allylic oxidation sites excluding steroid dienone is 2. The first-order chi connectivity index (χ1) is 15.4. The van der Waals surface area contributed by atoms with Crippen LogP contribution in [0.1, 0.15) is 104 Å². The molecule has 0 aromatic heterocycles. The van der Waals surface area contributed by atoms with E-state index in [1.54, 1.807) is 5.57 Å². The van der Waals surface area contributed by atoms with E-state index in [2.05, 4.69) is 49.7 Å². The summed E-state index contributed by atoms with van der Waals surface area (Å²) >= 11 is 0. The fourth-order valence-electron chi connectivity index (χ4n) is 12.7. The van der Waals surface area contributed by atoms with Crippen molar-refractivity contribution in [2.24, 2.45) is 33.0 Å². The number of rotatable bonds is 0. The monoisotopic (exact) mass is 427 g/mol. The Morgan fingerprint density at radius 1 is 1.00 bits per heavy atom. The van der Waals surface area contributed by atoms with E-state index in [1.165, 1.54) is 77.2 Å². The van der Waals surface area contributed by atoms with E-state index in [0.29, 0.717) is 38.7 Å². The predicted molar refractivity (Wildman–Crippen MR) is 130 cm³/mol. The van der Waals surface area contributed by atoms with E-state index in [0.717, 1.165) is 18.8 Å². The van der Waals surface area contributed by atoms with Crippen molar-refractivity contribution < 1.29 is 0 Å². The van der Waals surface area contributed by atoms with Gasteiger partial charge in [-0.1, -0.05) is 56.4 Å². The van der Waals surface area contributed by atoms with Crippen LogP contribution in [-0.2, 0) is 0 Å². The zero-order chi connectivity index (χ0) is 21.6. The van der Waals surface area contributed by atoms with E-state index in [1.807, 2.05) is 5.57 Å². The molecular weight excluding hydrogens is 386 g/mol. The van der Waals surface area contributed by atoms with Crippen LogP contribution in [0.5, 0.6) is 0 Å². The zero-order valence-corrected chi connectivity index (χ0v) is 20.7. The SMILES string of the molecule is CC1=C2CC34C5C=CC6(CC#CCC3(C)C2(CC1)C(C)CC41CCCC1)CCCC61CN51. The first kappa shape index (κ1) is 19.3. The largest absolute Gasteiger partial charge is 0.287 e. The molecule has 0 amide bonds. The van der Waals surface area contributed by atoms with Crippen LogP contribution < -0.4 is 0 Å². The Morgan fingerprint density at radius 3 is 2.66 bits per heavy atom. The van der Waals surface area contributed by atoms with Gasteiger partial charge in [-0.25, -0.2) is 0 Å². The van der Waals surface area contributed by atoms with E-state index in [9.17, 15) is 0 Å². The predicted octanol–water partition coefficient (Wildman–Crippen LogP) is 7.04. The van der Waals surface area contributed by atoms with Crippen molar-refractivity contribution in [3.63, 3.8) is 0 Å². The molecule has 8 aliphatic rings. The molecule has 0 aromatic carbocycles. The van der Waals surface area contributed by atoms with Crippen molar-refractivity contribution >= 4 is 0 Å². The molecule has 5 fully saturated rings. The molecule has 4 saturated carbocycles. The minimum atomic E-state index is 0.316. The highest BCUT2D eigenvalue weighted by atomic mass is 15.4. The Bertz CT molecular complexity index is 1050. The first-order valence-electron chi connectivity index (χ1n) is 14.0. The van der Waals surface area contributed by atoms with Gasteiger partial charge in [0, 0.05) is 47.2 Å². The third-order valence-electron chi connectivity index (χ3n) is 13.8. The zero-order valence-electron chi connectivity index (χ0n) is 20.7. The summed E-state index contributed by atoms with van der Waals surface area (Å²) in [6, 6.07) is 0.659. The second-order valence-corrected chi connectivity index (χ2v) is 14.0. The molecule has 4 spiro atoms. The number of hydrogen-bond acceptors (Lipinski definition) is 1. The fraction of sp³-hybridized carbons (Fsp3) is 0.806. The molecular formula is C31H41N. The molecule has 0 aromatic rings. The van der Waals surface area contributed by atoms with Gasteiger partial charge < -0.3 is 0 Å². The number of fused-ring (bicyclic) bond motifs is 2. The molecule has 8 atom stereocenters. The molecule has 2 heterocycles. The Hall–Kier alpha value is -1.00. The lowest BCUT2D eigenvalue weighted by Gasteiger charge is -2.68. The van der Waals surface area contributed by atoms with E-state index in [-0.39, 0.29) is 0 Å². The highest BCUT2D eigenvalue weighted by Gasteiger charge is 2.83. The summed E-state index contributed by atoms with van der Waals surface area (Å²) in [5, 5.41) is 0. The van der Waals surface area contributed by atoms with Crippen LogP contribution in [0.15, 0.2) is 23.3 Å². The lowest BCUT2D eigenvalue weighted by atomic mass is 9.36. The second-order valence-electron chi connectivity index (χ2n) is 14.0. The molecule has 8 unspecified atom stereocenters. The number of nitrogens with zero attached hydrogens (tertiary/aromatic N) is 1. The van der Waals surface area contributed by atoms with Crippen LogP contribution >= 0.6 is 0 Å². The molecule has 170 valence electrons. The van der Waals surface area contributed by atoms with Crippen LogP contribution in [-0.4, -0.2) is 23.0 Å². The van der Waals surface area contributed by atoms with Crippen molar-refractivity contribution in [2.45, 2.75) is 116 Å². The molecule has 8 rings (SSSR count). The highest BCUT2D eigenvalue weighted by Crippen LogP contribution is 2.87. The van der Waals surface area contributed by atoms with Gasteiger partial charge in [-0.05, 0) is 75.0 Å². The summed E-state index contributed by atoms with van der Waals surface area (Å²) in [7, 11) is 0. The maximum atomic E-state index is 3.94. The average molecular weight is 428 g/mol. The van der Waals surface area contributed by atoms with Crippen LogP contribution in [0.2, 0.25) is 0 Å². The van der Waals surface area contributed by atoms with Crippen molar-refractivity contribution in [3.05, 3.63) is 23.3 Å². The minimum absolute atomic E-state index is 0.316. The smallest absolute Gasteiger partial charge is 0.0443 e. The quantitative estimate of drug-likeness (QED) is 0.228. The Labute approximate surface area is 195 Å². The standard InChI is InChI=1S/C31H41N/c1-22-9-18-30-23(2)19-28(13-6-7-14-28)31(20-24(22)30)25-10-17-27(12-5-4-11-26(30,31)3)15-8-16-29(27)21-32(25)29/h10,17,23,25H,6-9,11-16,18-21H2,1-3H3. The van der Waals surface area contributed by atoms with Crippen molar-refractivity contribution in [1.29, 1.82) is 0 Å². The Kier molecular flexibility index (Phi) is 3.29. The first-order valence-corrected chi connectivity index (χ1v) is 14.0. The van der Waals surface area contributed by atoms with Gasteiger partial charge >= 0.3 is 0 Å². The van der Waals surface area contributed by atoms with Gasteiger partial charge in [-0.3, -0.25) is 4.90 Å². The second kappa shape index (κ2) is 5.46. The van der Waals surface area contributed by atoms with Crippen molar-refractivity contribution in [2.75, 3.05) is 6.54 Å². The normalized spacial score (nSPS) is 57.7. The molecule has 2 aliphatic heterocycles. The van der Waals surface area contributed by atoms with Crippen LogP contribution in [0, 0.1) is 44.8 Å². The fourth-order valence-corrected chi connectivity index (χ4v) is 12.7. The van der Waals surface area contributed by atoms with E-state index < -0.39 is 0 Å². The summed E-state index contributed by atoms with van der Waals surface area (Å²) < 4.78 is 0. The Balaban J connectivity index is 1.45. The van der Waals surface area contributed by atoms with Gasteiger partial charge in [0.05, 0.1) is 0 Å². The summed E-state index contributed by atoms with van der Waals surface area (Å²) in [4.78, 5) is 3.09. The third-order valence-corrected chi connectivity index (χ3v) is 13.8. The summed E-state index contributed by atoms with van der Waals surface area (Å²) in [6.07, 6.45) is 23.6. The molecule has 0 N–H and O–H groups in total. The lowest BCUT2D eigenvalue weighted by molar-refractivity contribution is -0.192. The maximum absolute atomic E-state index is 3.94.